The van der Waals surface area contributed by atoms with Crippen LogP contribution in [0.1, 0.15) is 309 Å². The summed E-state index contributed by atoms with van der Waals surface area (Å²) >= 11 is 0. The Morgan fingerprint density at radius 2 is 0.486 bits per heavy atom. The van der Waals surface area contributed by atoms with Crippen molar-refractivity contribution in [3.05, 3.63) is 0 Å². The molecule has 0 aromatic heterocycles. The standard InChI is InChI=1S/C87H148N4O20/c1-73(2)33-53(34-74(3,4)45-73)108-69(98)61(31-65(94)106-55-37-79(13,14)88-80(15,16)38-55)59(67(96)110-57-41-83(21,22)90-84(23,24)42-57)29-63(92)100-47-77(9,10)71-102-49-87(50-103-71)51-104-72(105-52-87)78(11,12)48-101-64(93)30-60(68(97)111-58-43-85(25,26)91-86(27,28)44-58)62(70(99)109-54-35-75(5,6)46-76(7,8)36-54)32-66(95)107-56-39-81(17,18)89-82(19,20)40-56/h53-62,71-72,88-91H,29-52H2,1-28H3. The van der Waals surface area contributed by atoms with Crippen LogP contribution < -0.4 is 21.3 Å². The monoisotopic (exact) mass is 1570 g/mol. The van der Waals surface area contributed by atoms with Crippen LogP contribution in [0.4, 0.5) is 0 Å². The molecule has 6 saturated heterocycles. The summed E-state index contributed by atoms with van der Waals surface area (Å²) < 4.78 is 76.1. The van der Waals surface area contributed by atoms with Crippen molar-refractivity contribution in [2.75, 3.05) is 39.6 Å². The number of piperidine rings is 4. The lowest BCUT2D eigenvalue weighted by molar-refractivity contribution is -0.337. The molecule has 8 aliphatic rings. The molecule has 6 heterocycles. The van der Waals surface area contributed by atoms with E-state index in [1.165, 1.54) is 0 Å². The van der Waals surface area contributed by atoms with E-state index in [1.807, 2.05) is 138 Å². The van der Waals surface area contributed by atoms with E-state index in [2.05, 4.69) is 76.7 Å². The fourth-order valence-electron chi connectivity index (χ4n) is 21.7. The Kier molecular flexibility index (Phi) is 27.7. The van der Waals surface area contributed by atoms with Gasteiger partial charge in [-0.3, -0.25) is 38.4 Å². The number of esters is 8. The lowest BCUT2D eigenvalue weighted by Crippen LogP contribution is -2.60. The number of ether oxygens (including phenoxy) is 12. The number of carbonyl (C=O) groups excluding carboxylic acids is 8. The molecule has 0 bridgehead atoms. The summed E-state index contributed by atoms with van der Waals surface area (Å²) in [6.07, 6.45) is 0.685. The van der Waals surface area contributed by atoms with E-state index in [0.717, 1.165) is 12.8 Å². The minimum Gasteiger partial charge on any atom is -0.465 e. The summed E-state index contributed by atoms with van der Waals surface area (Å²) in [6, 6.07) is 0. The summed E-state index contributed by atoms with van der Waals surface area (Å²) in [7, 11) is 0. The predicted octanol–water partition coefficient (Wildman–Crippen LogP) is 13.6. The van der Waals surface area contributed by atoms with Gasteiger partial charge in [-0.25, -0.2) is 0 Å². The smallest absolute Gasteiger partial charge is 0.310 e. The van der Waals surface area contributed by atoms with E-state index in [9.17, 15) is 19.2 Å². The van der Waals surface area contributed by atoms with Crippen molar-refractivity contribution < 1.29 is 95.2 Å². The zero-order valence-electron chi connectivity index (χ0n) is 73.6. The highest BCUT2D eigenvalue weighted by Crippen LogP contribution is 2.50. The second-order valence-corrected chi connectivity index (χ2v) is 45.4. The summed E-state index contributed by atoms with van der Waals surface area (Å²) in [5.41, 5.74) is -6.59. The maximum Gasteiger partial charge on any atom is 0.310 e. The largest absolute Gasteiger partial charge is 0.465 e. The van der Waals surface area contributed by atoms with Gasteiger partial charge in [0.05, 0.1) is 81.2 Å². The van der Waals surface area contributed by atoms with Gasteiger partial charge in [-0.05, 0) is 171 Å². The molecule has 4 atom stereocenters. The van der Waals surface area contributed by atoms with Crippen molar-refractivity contribution in [2.45, 2.75) is 403 Å². The lowest BCUT2D eigenvalue weighted by Gasteiger charge is -2.48. The maximum absolute atomic E-state index is 15.1. The molecule has 111 heavy (non-hydrogen) atoms. The highest BCUT2D eigenvalue weighted by molar-refractivity contribution is 5.90. The van der Waals surface area contributed by atoms with E-state index in [0.29, 0.717) is 77.0 Å². The van der Waals surface area contributed by atoms with Gasteiger partial charge in [0.2, 0.25) is 0 Å². The number of carbonyl (C=O) groups is 8. The van der Waals surface area contributed by atoms with Crippen LogP contribution in [0.15, 0.2) is 0 Å². The van der Waals surface area contributed by atoms with Gasteiger partial charge in [0.1, 0.15) is 49.8 Å². The SMILES string of the molecule is CC1(C)CC(OC(=O)C(CC(=O)OC2CC(C)(C)NC(C)(C)C2)C(CC(=O)OCC(C)(C)C2OCC3(CO2)COC(C(C)(C)COC(=O)CC(C(=O)OC2CC(C)(C)NC(C)(C)C2)C(CC(=O)OC2CC(C)(C)NC(C)(C)C2)C(=O)OC2CC(C)(C)CC(C)(C)C2)OC3)C(=O)OC2CC(C)(C)NC(C)(C)C2)CC(C)(C)C1. The first-order valence-corrected chi connectivity index (χ1v) is 41.5. The van der Waals surface area contributed by atoms with Crippen LogP contribution in [0, 0.1) is 61.6 Å². The van der Waals surface area contributed by atoms with Gasteiger partial charge in [0.15, 0.2) is 12.6 Å². The van der Waals surface area contributed by atoms with E-state index < -0.39 is 185 Å². The molecule has 0 aromatic rings. The molecule has 2 aliphatic carbocycles. The summed E-state index contributed by atoms with van der Waals surface area (Å²) in [6.45, 7) is 57.1. The van der Waals surface area contributed by atoms with Gasteiger partial charge in [-0.2, -0.15) is 0 Å². The minimum atomic E-state index is -1.49. The van der Waals surface area contributed by atoms with Gasteiger partial charge < -0.3 is 78.1 Å². The zero-order chi connectivity index (χ0) is 83.3. The van der Waals surface area contributed by atoms with Crippen molar-refractivity contribution in [2.24, 2.45) is 61.6 Å². The maximum atomic E-state index is 15.1. The molecule has 0 aromatic carbocycles. The Morgan fingerprint density at radius 1 is 0.297 bits per heavy atom. The van der Waals surface area contributed by atoms with Crippen molar-refractivity contribution in [3.63, 3.8) is 0 Å². The second-order valence-electron chi connectivity index (χ2n) is 45.4. The zero-order valence-corrected chi connectivity index (χ0v) is 73.6. The third-order valence-electron chi connectivity index (χ3n) is 23.8. The van der Waals surface area contributed by atoms with Crippen molar-refractivity contribution in [3.8, 4) is 0 Å². The predicted molar refractivity (Wildman–Crippen MR) is 420 cm³/mol. The van der Waals surface area contributed by atoms with Gasteiger partial charge in [0.25, 0.3) is 0 Å². The topological polar surface area (TPSA) is 295 Å². The van der Waals surface area contributed by atoms with Crippen molar-refractivity contribution in [1.29, 1.82) is 0 Å². The highest BCUT2D eigenvalue weighted by Gasteiger charge is 2.54. The van der Waals surface area contributed by atoms with Crippen LogP contribution in [-0.2, 0) is 95.2 Å². The number of rotatable bonds is 26. The fourth-order valence-corrected chi connectivity index (χ4v) is 21.7. The second kappa shape index (κ2) is 33.4. The molecule has 4 N–H and O–H groups in total. The van der Waals surface area contributed by atoms with E-state index >= 15 is 19.2 Å². The van der Waals surface area contributed by atoms with Crippen molar-refractivity contribution >= 4 is 47.8 Å². The minimum absolute atomic E-state index is 0.127. The quantitative estimate of drug-likeness (QED) is 0.0462. The molecule has 636 valence electrons. The summed E-state index contributed by atoms with van der Waals surface area (Å²) in [4.78, 5) is 118. The Morgan fingerprint density at radius 3 is 0.703 bits per heavy atom. The molecule has 24 nitrogen and oxygen atoms in total. The molecule has 8 rings (SSSR count). The third-order valence-corrected chi connectivity index (χ3v) is 23.8. The van der Waals surface area contributed by atoms with Crippen molar-refractivity contribution in [1.82, 2.24) is 21.3 Å². The highest BCUT2D eigenvalue weighted by atomic mass is 16.7. The van der Waals surface area contributed by atoms with Gasteiger partial charge in [-0.15, -0.1) is 0 Å². The van der Waals surface area contributed by atoms with E-state index in [1.54, 1.807) is 0 Å². The van der Waals surface area contributed by atoms with Crippen LogP contribution in [-0.4, -0.2) is 181 Å². The fraction of sp³-hybridized carbons (Fsp3) is 0.908. The normalized spacial score (nSPS) is 28.8. The first-order valence-electron chi connectivity index (χ1n) is 41.5. The molecule has 0 radical (unpaired) electrons. The molecule has 24 heteroatoms. The van der Waals surface area contributed by atoms with E-state index in [-0.39, 0.29) is 83.5 Å². The molecule has 6 aliphatic heterocycles. The molecule has 2 saturated carbocycles. The Labute approximate surface area is 665 Å². The first kappa shape index (κ1) is 92.0. The first-order chi connectivity index (χ1) is 50.3. The van der Waals surface area contributed by atoms with Crippen LogP contribution in [0.3, 0.4) is 0 Å². The Balaban J connectivity index is 0.933. The average molecular weight is 1570 g/mol. The van der Waals surface area contributed by atoms with Gasteiger partial charge in [0, 0.05) is 107 Å². The molecule has 8 fully saturated rings. The molecular formula is C87H148N4O20. The van der Waals surface area contributed by atoms with Crippen LogP contribution in [0.25, 0.3) is 0 Å². The Hall–Kier alpha value is -4.56. The van der Waals surface area contributed by atoms with Crippen LogP contribution >= 0.6 is 0 Å². The van der Waals surface area contributed by atoms with Crippen LogP contribution in [0.5, 0.6) is 0 Å². The molecule has 1 spiro atoms. The molecule has 4 unspecified atom stereocenters. The van der Waals surface area contributed by atoms with Gasteiger partial charge >= 0.3 is 47.8 Å². The number of nitrogens with one attached hydrogen (secondary N) is 4. The van der Waals surface area contributed by atoms with E-state index in [4.69, 9.17) is 56.8 Å². The van der Waals surface area contributed by atoms with Gasteiger partial charge in [-0.1, -0.05) is 83.1 Å². The Bertz CT molecular complexity index is 2990. The summed E-state index contributed by atoms with van der Waals surface area (Å²) in [5.74, 6) is -12.1. The summed E-state index contributed by atoms with van der Waals surface area (Å²) in [5, 5.41) is 14.5. The number of hydrogen-bond donors (Lipinski definition) is 4. The lowest BCUT2D eigenvalue weighted by atomic mass is 9.64. The molecular weight excluding hydrogens is 1420 g/mol. The third kappa shape index (κ3) is 27.3. The van der Waals surface area contributed by atoms with Crippen LogP contribution in [0.2, 0.25) is 0 Å². The molecule has 0 amide bonds. The number of hydrogen-bond acceptors (Lipinski definition) is 24. The average Bonchev–Trinajstić information content (AvgIpc) is 0.789.